The zero-order valence-corrected chi connectivity index (χ0v) is 14.1. The van der Waals surface area contributed by atoms with Gasteiger partial charge in [-0.3, -0.25) is 8.98 Å². The van der Waals surface area contributed by atoms with E-state index in [1.54, 1.807) is 0 Å². The zero-order chi connectivity index (χ0) is 16.0. The van der Waals surface area contributed by atoms with Crippen LogP contribution >= 0.6 is 0 Å². The van der Waals surface area contributed by atoms with E-state index >= 15 is 0 Å². The van der Waals surface area contributed by atoms with Crippen molar-refractivity contribution >= 4 is 15.9 Å². The molecule has 0 aliphatic carbocycles. The minimum atomic E-state index is -3.62. The normalized spacial score (nSPS) is 11.7. The Hall–Kier alpha value is -0.460. The lowest BCUT2D eigenvalue weighted by Gasteiger charge is -2.04. The fraction of sp³-hybridized carbons (Fsp3) is 0.933. The summed E-state index contributed by atoms with van der Waals surface area (Å²) in [5, 5.41) is 0. The molecule has 0 saturated carbocycles. The highest BCUT2D eigenvalue weighted by molar-refractivity contribution is 7.86. The van der Waals surface area contributed by atoms with E-state index in [1.165, 1.54) is 38.5 Å². The third-order valence-corrected chi connectivity index (χ3v) is 4.54. The molecule has 2 N–H and O–H groups in total. The van der Waals surface area contributed by atoms with Crippen LogP contribution in [0.2, 0.25) is 0 Å². The van der Waals surface area contributed by atoms with Crippen LogP contribution in [0.25, 0.3) is 0 Å². The summed E-state index contributed by atoms with van der Waals surface area (Å²) >= 11 is 0. The molecule has 0 rings (SSSR count). The molecule has 0 amide bonds. The lowest BCUT2D eigenvalue weighted by molar-refractivity contribution is -0.121. The number of carbonyl (C=O) groups is 1. The van der Waals surface area contributed by atoms with Crippen LogP contribution < -0.4 is 5.73 Å². The van der Waals surface area contributed by atoms with Crippen LogP contribution in [0.4, 0.5) is 0 Å². The van der Waals surface area contributed by atoms with Gasteiger partial charge in [0.2, 0.25) is 0 Å². The maximum atomic E-state index is 11.5. The van der Waals surface area contributed by atoms with E-state index in [1.807, 2.05) is 0 Å². The highest BCUT2D eigenvalue weighted by Crippen LogP contribution is 2.10. The first-order valence-corrected chi connectivity index (χ1v) is 9.68. The first-order valence-electron chi connectivity index (χ1n) is 8.10. The second-order valence-electron chi connectivity index (χ2n) is 5.43. The Morgan fingerprint density at radius 1 is 0.952 bits per heavy atom. The molecule has 0 fully saturated rings. The number of ketones is 1. The van der Waals surface area contributed by atoms with Crippen molar-refractivity contribution in [2.45, 2.75) is 71.1 Å². The Labute approximate surface area is 129 Å². The molecule has 126 valence electrons. The Bertz CT molecular complexity index is 355. The van der Waals surface area contributed by atoms with Gasteiger partial charge in [-0.25, -0.2) is 0 Å². The highest BCUT2D eigenvalue weighted by Gasteiger charge is 2.12. The molecule has 0 saturated heterocycles. The third-order valence-electron chi connectivity index (χ3n) is 3.33. The van der Waals surface area contributed by atoms with Gasteiger partial charge in [0, 0.05) is 13.0 Å². The second kappa shape index (κ2) is 13.2. The Morgan fingerprint density at radius 2 is 1.48 bits per heavy atom. The molecule has 5 nitrogen and oxygen atoms in total. The first kappa shape index (κ1) is 20.5. The minimum absolute atomic E-state index is 0.00871. The molecule has 0 bridgehead atoms. The Kier molecular flexibility index (Phi) is 12.9. The van der Waals surface area contributed by atoms with Gasteiger partial charge in [-0.05, 0) is 6.42 Å². The standard InChI is InChI=1S/C15H31NO4S/c1-2-3-4-5-6-7-8-9-10-11-15(17)14-20-21(18,19)13-12-16/h2-14,16H2,1H3. The van der Waals surface area contributed by atoms with Gasteiger partial charge in [0.25, 0.3) is 10.1 Å². The lowest BCUT2D eigenvalue weighted by atomic mass is 10.1. The van der Waals surface area contributed by atoms with Crippen LogP contribution in [-0.2, 0) is 19.1 Å². The molecule has 0 unspecified atom stereocenters. The molecule has 0 aliphatic heterocycles. The molecular formula is C15H31NO4S. The number of unbranched alkanes of at least 4 members (excludes halogenated alkanes) is 8. The molecule has 21 heavy (non-hydrogen) atoms. The van der Waals surface area contributed by atoms with E-state index in [-0.39, 0.29) is 24.7 Å². The van der Waals surface area contributed by atoms with E-state index in [0.29, 0.717) is 6.42 Å². The number of carbonyl (C=O) groups excluding carboxylic acids is 1. The Balaban J connectivity index is 3.42. The number of hydrogen-bond donors (Lipinski definition) is 1. The monoisotopic (exact) mass is 321 g/mol. The summed E-state index contributed by atoms with van der Waals surface area (Å²) in [6.45, 7) is 1.87. The van der Waals surface area contributed by atoms with Crippen LogP contribution in [0.3, 0.4) is 0 Å². The predicted octanol–water partition coefficient (Wildman–Crippen LogP) is 2.78. The van der Waals surface area contributed by atoms with Crippen molar-refractivity contribution in [3.63, 3.8) is 0 Å². The lowest BCUT2D eigenvalue weighted by Crippen LogP contribution is -2.21. The zero-order valence-electron chi connectivity index (χ0n) is 13.3. The van der Waals surface area contributed by atoms with Crippen LogP contribution in [0.15, 0.2) is 0 Å². The van der Waals surface area contributed by atoms with Crippen LogP contribution in [0, 0.1) is 0 Å². The van der Waals surface area contributed by atoms with Gasteiger partial charge in [-0.15, -0.1) is 0 Å². The van der Waals surface area contributed by atoms with Crippen molar-refractivity contribution < 1.29 is 17.4 Å². The third kappa shape index (κ3) is 14.2. The highest BCUT2D eigenvalue weighted by atomic mass is 32.2. The fourth-order valence-electron chi connectivity index (χ4n) is 2.06. The minimum Gasteiger partial charge on any atom is -0.329 e. The maximum absolute atomic E-state index is 11.5. The SMILES string of the molecule is CCCCCCCCCCCC(=O)COS(=O)(=O)CCN. The summed E-state index contributed by atoms with van der Waals surface area (Å²) < 4.78 is 27.0. The second-order valence-corrected chi connectivity index (χ2v) is 7.19. The van der Waals surface area contributed by atoms with E-state index in [0.717, 1.165) is 19.3 Å². The van der Waals surface area contributed by atoms with Gasteiger partial charge in [-0.1, -0.05) is 58.3 Å². The first-order chi connectivity index (χ1) is 10.0. The van der Waals surface area contributed by atoms with E-state index in [4.69, 9.17) is 5.73 Å². The molecule has 6 heteroatoms. The van der Waals surface area contributed by atoms with Crippen LogP contribution in [-0.4, -0.2) is 33.1 Å². The van der Waals surface area contributed by atoms with E-state index in [9.17, 15) is 13.2 Å². The molecule has 0 radical (unpaired) electrons. The van der Waals surface area contributed by atoms with Crippen molar-refractivity contribution in [1.29, 1.82) is 0 Å². The molecule has 0 atom stereocenters. The maximum Gasteiger partial charge on any atom is 0.268 e. The molecule has 0 aromatic rings. The molecule has 0 aromatic carbocycles. The molecule has 0 spiro atoms. The van der Waals surface area contributed by atoms with Gasteiger partial charge < -0.3 is 5.73 Å². The molecule has 0 aromatic heterocycles. The quantitative estimate of drug-likeness (QED) is 0.370. The summed E-state index contributed by atoms with van der Waals surface area (Å²) in [6, 6.07) is 0. The molecule has 0 heterocycles. The van der Waals surface area contributed by atoms with Crippen molar-refractivity contribution in [3.05, 3.63) is 0 Å². The average Bonchev–Trinajstić information content (AvgIpc) is 2.43. The molecule has 0 aliphatic rings. The number of rotatable bonds is 15. The van der Waals surface area contributed by atoms with E-state index in [2.05, 4.69) is 11.1 Å². The van der Waals surface area contributed by atoms with Crippen molar-refractivity contribution in [3.8, 4) is 0 Å². The van der Waals surface area contributed by atoms with Gasteiger partial charge >= 0.3 is 0 Å². The summed E-state index contributed by atoms with van der Waals surface area (Å²) in [6.07, 6.45) is 11.1. The average molecular weight is 321 g/mol. The number of hydrogen-bond acceptors (Lipinski definition) is 5. The largest absolute Gasteiger partial charge is 0.329 e. The predicted molar refractivity (Wildman–Crippen MR) is 85.6 cm³/mol. The van der Waals surface area contributed by atoms with Gasteiger partial charge in [0.1, 0.15) is 6.61 Å². The fourth-order valence-corrected chi connectivity index (χ4v) is 2.78. The van der Waals surface area contributed by atoms with Crippen LogP contribution in [0.1, 0.15) is 71.1 Å². The van der Waals surface area contributed by atoms with Crippen molar-refractivity contribution in [2.24, 2.45) is 5.73 Å². The smallest absolute Gasteiger partial charge is 0.268 e. The topological polar surface area (TPSA) is 86.5 Å². The van der Waals surface area contributed by atoms with Gasteiger partial charge in [0.15, 0.2) is 5.78 Å². The van der Waals surface area contributed by atoms with Crippen LogP contribution in [0.5, 0.6) is 0 Å². The number of nitrogens with two attached hydrogens (primary N) is 1. The van der Waals surface area contributed by atoms with Gasteiger partial charge in [-0.2, -0.15) is 8.42 Å². The number of Topliss-reactive ketones (excluding diaryl/α,β-unsaturated/α-hetero) is 1. The summed E-state index contributed by atoms with van der Waals surface area (Å²) in [5.74, 6) is -0.392. The molecular weight excluding hydrogens is 290 g/mol. The van der Waals surface area contributed by atoms with Crippen molar-refractivity contribution in [2.75, 3.05) is 18.9 Å². The summed E-state index contributed by atoms with van der Waals surface area (Å²) in [7, 11) is -3.62. The van der Waals surface area contributed by atoms with Crippen molar-refractivity contribution in [1.82, 2.24) is 0 Å². The Morgan fingerprint density at radius 3 is 2.00 bits per heavy atom. The summed E-state index contributed by atoms with van der Waals surface area (Å²) in [5.41, 5.74) is 5.14. The summed E-state index contributed by atoms with van der Waals surface area (Å²) in [4.78, 5) is 11.5. The van der Waals surface area contributed by atoms with E-state index < -0.39 is 10.1 Å². The van der Waals surface area contributed by atoms with Gasteiger partial charge in [0.05, 0.1) is 5.75 Å².